The van der Waals surface area contributed by atoms with E-state index in [0.717, 1.165) is 11.1 Å². The Balaban J connectivity index is 1.84. The fraction of sp³-hybridized carbons (Fsp3) is 0.208. The predicted molar refractivity (Wildman–Crippen MR) is 126 cm³/mol. The van der Waals surface area contributed by atoms with E-state index in [1.54, 1.807) is 42.5 Å². The predicted octanol–water partition coefficient (Wildman–Crippen LogP) is 4.23. The number of carbonyl (C=O) groups is 1. The molecule has 7 nitrogen and oxygen atoms in total. The maximum atomic E-state index is 12.8. The summed E-state index contributed by atoms with van der Waals surface area (Å²) in [7, 11) is -0.476. The van der Waals surface area contributed by atoms with Gasteiger partial charge in [0.2, 0.25) is 10.0 Å². The molecule has 0 aliphatic carbocycles. The van der Waals surface area contributed by atoms with Gasteiger partial charge in [0.25, 0.3) is 5.91 Å². The zero-order valence-corrected chi connectivity index (χ0v) is 19.3. The summed E-state index contributed by atoms with van der Waals surface area (Å²) in [5.74, 6) is 0.724. The van der Waals surface area contributed by atoms with E-state index in [4.69, 9.17) is 9.47 Å². The Bertz CT molecular complexity index is 1210. The molecule has 3 aromatic carbocycles. The topological polar surface area (TPSA) is 84.9 Å². The van der Waals surface area contributed by atoms with Crippen molar-refractivity contribution in [1.29, 1.82) is 0 Å². The Labute approximate surface area is 188 Å². The SMILES string of the molecule is COc1ccc(OC)c(NC(=O)c2ccc(N(Cc3ccccc3C)S(C)(=O)=O)cc2)c1. The Hall–Kier alpha value is -3.52. The van der Waals surface area contributed by atoms with Gasteiger partial charge in [0.1, 0.15) is 11.5 Å². The highest BCUT2D eigenvalue weighted by Gasteiger charge is 2.19. The summed E-state index contributed by atoms with van der Waals surface area (Å²) in [4.78, 5) is 12.8. The molecule has 3 rings (SSSR count). The third-order valence-corrected chi connectivity index (χ3v) is 6.19. The minimum absolute atomic E-state index is 0.206. The number of sulfonamides is 1. The molecule has 0 radical (unpaired) electrons. The molecule has 0 atom stereocenters. The highest BCUT2D eigenvalue weighted by molar-refractivity contribution is 7.92. The third-order valence-electron chi connectivity index (χ3n) is 5.05. The van der Waals surface area contributed by atoms with Gasteiger partial charge >= 0.3 is 0 Å². The van der Waals surface area contributed by atoms with E-state index in [-0.39, 0.29) is 12.5 Å². The lowest BCUT2D eigenvalue weighted by molar-refractivity contribution is 0.102. The smallest absolute Gasteiger partial charge is 0.255 e. The quantitative estimate of drug-likeness (QED) is 0.551. The van der Waals surface area contributed by atoms with Crippen molar-refractivity contribution >= 4 is 27.3 Å². The van der Waals surface area contributed by atoms with Crippen molar-refractivity contribution in [2.75, 3.05) is 30.1 Å². The molecule has 0 aliphatic rings. The second kappa shape index (κ2) is 9.74. The Morgan fingerprint density at radius 1 is 0.969 bits per heavy atom. The molecule has 0 unspecified atom stereocenters. The molecular formula is C24H26N2O5S. The van der Waals surface area contributed by atoms with Crippen LogP contribution >= 0.6 is 0 Å². The van der Waals surface area contributed by atoms with E-state index in [1.165, 1.54) is 24.8 Å². The summed E-state index contributed by atoms with van der Waals surface area (Å²) in [5, 5.41) is 2.80. The van der Waals surface area contributed by atoms with Crippen LogP contribution in [0.2, 0.25) is 0 Å². The number of rotatable bonds is 8. The van der Waals surface area contributed by atoms with Crippen LogP contribution in [0.25, 0.3) is 0 Å². The molecule has 0 aliphatic heterocycles. The number of nitrogens with one attached hydrogen (secondary N) is 1. The lowest BCUT2D eigenvalue weighted by atomic mass is 10.1. The van der Waals surface area contributed by atoms with Gasteiger partial charge in [0.15, 0.2) is 0 Å². The summed E-state index contributed by atoms with van der Waals surface area (Å²) in [6, 6.07) is 19.2. The van der Waals surface area contributed by atoms with Gasteiger partial charge in [-0.3, -0.25) is 9.10 Å². The summed E-state index contributed by atoms with van der Waals surface area (Å²) >= 11 is 0. The van der Waals surface area contributed by atoms with Gasteiger partial charge in [-0.05, 0) is 54.4 Å². The Morgan fingerprint density at radius 2 is 1.66 bits per heavy atom. The maximum Gasteiger partial charge on any atom is 0.255 e. The van der Waals surface area contributed by atoms with Crippen molar-refractivity contribution in [3.63, 3.8) is 0 Å². The Kier molecular flexibility index (Phi) is 7.05. The van der Waals surface area contributed by atoms with Crippen LogP contribution < -0.4 is 19.1 Å². The van der Waals surface area contributed by atoms with Crippen LogP contribution in [0.1, 0.15) is 21.5 Å². The zero-order chi connectivity index (χ0) is 23.3. The summed E-state index contributed by atoms with van der Waals surface area (Å²) in [5.41, 5.74) is 3.24. The third kappa shape index (κ3) is 5.39. The largest absolute Gasteiger partial charge is 0.497 e. The number of aryl methyl sites for hydroxylation is 1. The Morgan fingerprint density at radius 3 is 2.25 bits per heavy atom. The lowest BCUT2D eigenvalue weighted by Gasteiger charge is -2.23. The van der Waals surface area contributed by atoms with Crippen LogP contribution in [0.3, 0.4) is 0 Å². The first-order valence-corrected chi connectivity index (χ1v) is 11.7. The van der Waals surface area contributed by atoms with Crippen LogP contribution in [0.5, 0.6) is 11.5 Å². The van der Waals surface area contributed by atoms with E-state index < -0.39 is 10.0 Å². The number of anilines is 2. The van der Waals surface area contributed by atoms with Crippen LogP contribution in [-0.4, -0.2) is 34.8 Å². The minimum atomic E-state index is -3.53. The minimum Gasteiger partial charge on any atom is -0.497 e. The normalized spacial score (nSPS) is 11.0. The molecule has 8 heteroatoms. The molecule has 0 aromatic heterocycles. The van der Waals surface area contributed by atoms with E-state index >= 15 is 0 Å². The zero-order valence-electron chi connectivity index (χ0n) is 18.5. The van der Waals surface area contributed by atoms with E-state index in [9.17, 15) is 13.2 Å². The molecule has 0 saturated heterocycles. The first-order chi connectivity index (χ1) is 15.2. The lowest BCUT2D eigenvalue weighted by Crippen LogP contribution is -2.29. The fourth-order valence-electron chi connectivity index (χ4n) is 3.23. The van der Waals surface area contributed by atoms with Crippen LogP contribution in [0, 0.1) is 6.92 Å². The summed E-state index contributed by atoms with van der Waals surface area (Å²) < 4.78 is 36.7. The second-order valence-corrected chi connectivity index (χ2v) is 9.17. The number of hydrogen-bond acceptors (Lipinski definition) is 5. The van der Waals surface area contributed by atoms with Gasteiger partial charge in [-0.1, -0.05) is 24.3 Å². The average Bonchev–Trinajstić information content (AvgIpc) is 2.77. The molecule has 0 fully saturated rings. The van der Waals surface area contributed by atoms with Crippen molar-refractivity contribution in [3.8, 4) is 11.5 Å². The van der Waals surface area contributed by atoms with Crippen LogP contribution in [0.15, 0.2) is 66.7 Å². The highest BCUT2D eigenvalue weighted by Crippen LogP contribution is 2.29. The van der Waals surface area contributed by atoms with Crippen LogP contribution in [0.4, 0.5) is 11.4 Å². The molecule has 168 valence electrons. The second-order valence-electron chi connectivity index (χ2n) is 7.26. The van der Waals surface area contributed by atoms with Crippen molar-refractivity contribution < 1.29 is 22.7 Å². The first kappa shape index (κ1) is 23.1. The number of nitrogens with zero attached hydrogens (tertiary/aromatic N) is 1. The maximum absolute atomic E-state index is 12.8. The van der Waals surface area contributed by atoms with E-state index in [2.05, 4.69) is 5.32 Å². The molecule has 0 heterocycles. The average molecular weight is 455 g/mol. The number of ether oxygens (including phenoxy) is 2. The van der Waals surface area contributed by atoms with Gasteiger partial charge in [-0.2, -0.15) is 0 Å². The van der Waals surface area contributed by atoms with Crippen molar-refractivity contribution in [2.24, 2.45) is 0 Å². The van der Waals surface area contributed by atoms with E-state index in [0.29, 0.717) is 28.4 Å². The number of carbonyl (C=O) groups excluding carboxylic acids is 1. The molecule has 0 bridgehead atoms. The molecule has 3 aromatic rings. The fourth-order valence-corrected chi connectivity index (χ4v) is 4.11. The van der Waals surface area contributed by atoms with Crippen molar-refractivity contribution in [2.45, 2.75) is 13.5 Å². The van der Waals surface area contributed by atoms with Crippen molar-refractivity contribution in [1.82, 2.24) is 0 Å². The monoisotopic (exact) mass is 454 g/mol. The number of amides is 1. The molecule has 1 amide bonds. The molecule has 1 N–H and O–H groups in total. The molecular weight excluding hydrogens is 428 g/mol. The number of hydrogen-bond donors (Lipinski definition) is 1. The summed E-state index contributed by atoms with van der Waals surface area (Å²) in [6.45, 7) is 2.15. The van der Waals surface area contributed by atoms with Gasteiger partial charge < -0.3 is 14.8 Å². The van der Waals surface area contributed by atoms with Crippen molar-refractivity contribution in [3.05, 3.63) is 83.4 Å². The highest BCUT2D eigenvalue weighted by atomic mass is 32.2. The molecule has 0 saturated carbocycles. The number of benzene rings is 3. The number of methoxy groups -OCH3 is 2. The van der Waals surface area contributed by atoms with Gasteiger partial charge in [0.05, 0.1) is 38.4 Å². The van der Waals surface area contributed by atoms with Crippen LogP contribution in [-0.2, 0) is 16.6 Å². The van der Waals surface area contributed by atoms with Gasteiger partial charge in [-0.15, -0.1) is 0 Å². The van der Waals surface area contributed by atoms with Gasteiger partial charge in [-0.25, -0.2) is 8.42 Å². The van der Waals surface area contributed by atoms with E-state index in [1.807, 2.05) is 31.2 Å². The molecule has 32 heavy (non-hydrogen) atoms. The summed E-state index contributed by atoms with van der Waals surface area (Å²) in [6.07, 6.45) is 1.17. The standard InChI is InChI=1S/C24H26N2O5S/c1-17-7-5-6-8-19(17)16-26(32(4,28)29)20-11-9-18(10-12-20)24(27)25-22-15-21(30-2)13-14-23(22)31-3/h5-15H,16H2,1-4H3,(H,25,27). The first-order valence-electron chi connectivity index (χ1n) is 9.88. The molecule has 0 spiro atoms. The van der Waals surface area contributed by atoms with Gasteiger partial charge in [0, 0.05) is 11.6 Å².